The molecule has 0 fully saturated rings. The van der Waals surface area contributed by atoms with Crippen molar-refractivity contribution in [2.24, 2.45) is 0 Å². The maximum atomic E-state index is 2.43. The van der Waals surface area contributed by atoms with Crippen molar-refractivity contribution in [3.63, 3.8) is 0 Å². The Morgan fingerprint density at radius 3 is 1.57 bits per heavy atom. The molecule has 0 unspecified atom stereocenters. The van der Waals surface area contributed by atoms with E-state index in [0.717, 1.165) is 22.7 Å². The number of rotatable bonds is 5. The lowest BCUT2D eigenvalue weighted by molar-refractivity contribution is 0.794. The quantitative estimate of drug-likeness (QED) is 0.169. The van der Waals surface area contributed by atoms with Crippen LogP contribution in [0.1, 0.15) is 22.3 Å². The molecule has 11 aromatic rings. The largest absolute Gasteiger partial charge is 0.310 e. The minimum absolute atomic E-state index is 0.337. The van der Waals surface area contributed by atoms with Crippen molar-refractivity contribution in [1.29, 1.82) is 0 Å². The summed E-state index contributed by atoms with van der Waals surface area (Å²) < 4.78 is 2.38. The van der Waals surface area contributed by atoms with Gasteiger partial charge < -0.3 is 9.47 Å². The first-order valence-electron chi connectivity index (χ1n) is 21.2. The molecule has 13 rings (SSSR count). The first kappa shape index (κ1) is 34.0. The van der Waals surface area contributed by atoms with E-state index in [-0.39, 0.29) is 5.41 Å². The average Bonchev–Trinajstić information content (AvgIpc) is 3.94. The lowest BCUT2D eigenvalue weighted by Gasteiger charge is -2.30. The van der Waals surface area contributed by atoms with Gasteiger partial charge in [-0.15, -0.1) is 0 Å². The van der Waals surface area contributed by atoms with Crippen LogP contribution in [-0.2, 0) is 5.41 Å². The summed E-state index contributed by atoms with van der Waals surface area (Å²) in [6, 6.07) is 85.2. The highest BCUT2D eigenvalue weighted by atomic mass is 15.1. The van der Waals surface area contributed by atoms with E-state index in [4.69, 9.17) is 0 Å². The highest BCUT2D eigenvalue weighted by Gasteiger charge is 2.51. The fourth-order valence-electron chi connectivity index (χ4n) is 10.8. The number of fused-ring (bicyclic) bond motifs is 14. The molecule has 0 radical (unpaired) electrons. The Bertz CT molecular complexity index is 3490. The lowest BCUT2D eigenvalue weighted by Crippen LogP contribution is -2.25. The predicted octanol–water partition coefficient (Wildman–Crippen LogP) is 15.4. The molecular formula is C59H38N2. The highest BCUT2D eigenvalue weighted by Crippen LogP contribution is 2.63. The van der Waals surface area contributed by atoms with Gasteiger partial charge in [-0.1, -0.05) is 164 Å². The van der Waals surface area contributed by atoms with E-state index in [0.29, 0.717) is 0 Å². The molecule has 1 spiro atoms. The minimum Gasteiger partial charge on any atom is -0.310 e. The second-order valence-electron chi connectivity index (χ2n) is 16.5. The van der Waals surface area contributed by atoms with Gasteiger partial charge in [0.25, 0.3) is 0 Å². The Hall–Kier alpha value is -7.94. The molecule has 10 aromatic carbocycles. The molecule has 0 amide bonds. The Balaban J connectivity index is 0.950. The summed E-state index contributed by atoms with van der Waals surface area (Å²) in [6.07, 6.45) is 0. The molecule has 0 aliphatic heterocycles. The molecule has 0 saturated heterocycles. The molecule has 2 aliphatic carbocycles. The van der Waals surface area contributed by atoms with Crippen LogP contribution in [0.3, 0.4) is 0 Å². The van der Waals surface area contributed by atoms with E-state index in [1.54, 1.807) is 0 Å². The monoisotopic (exact) mass is 774 g/mol. The van der Waals surface area contributed by atoms with Gasteiger partial charge in [0, 0.05) is 33.5 Å². The van der Waals surface area contributed by atoms with Gasteiger partial charge in [0.15, 0.2) is 0 Å². The lowest BCUT2D eigenvalue weighted by atomic mass is 9.70. The normalized spacial score (nSPS) is 13.0. The summed E-state index contributed by atoms with van der Waals surface area (Å²) >= 11 is 0. The SMILES string of the molecule is c1ccc(-n2c3ccccc3c3cc(N(c4ccc(-c5ccc6c(c5)-c5ccccc5C65c6ccccc6-c6ccccc65)cc4)c4ccc5ccccc5c4)ccc32)cc1. The van der Waals surface area contributed by atoms with Crippen molar-refractivity contribution in [1.82, 2.24) is 4.57 Å². The van der Waals surface area contributed by atoms with Crippen molar-refractivity contribution in [3.8, 4) is 39.1 Å². The van der Waals surface area contributed by atoms with Gasteiger partial charge in [0.05, 0.1) is 16.4 Å². The topological polar surface area (TPSA) is 8.17 Å². The third-order valence-corrected chi connectivity index (χ3v) is 13.4. The fraction of sp³-hybridized carbons (Fsp3) is 0.0169. The molecule has 1 aromatic heterocycles. The Kier molecular flexibility index (Phi) is 7.26. The highest BCUT2D eigenvalue weighted by molar-refractivity contribution is 6.11. The molecule has 61 heavy (non-hydrogen) atoms. The molecular weight excluding hydrogens is 737 g/mol. The van der Waals surface area contributed by atoms with E-state index in [9.17, 15) is 0 Å². The van der Waals surface area contributed by atoms with Gasteiger partial charge in [0.1, 0.15) is 0 Å². The first-order valence-corrected chi connectivity index (χ1v) is 21.2. The van der Waals surface area contributed by atoms with Crippen LogP contribution in [-0.4, -0.2) is 4.57 Å². The molecule has 0 N–H and O–H groups in total. The second-order valence-corrected chi connectivity index (χ2v) is 16.5. The number of anilines is 3. The van der Waals surface area contributed by atoms with Gasteiger partial charge in [-0.05, 0) is 133 Å². The molecule has 0 saturated carbocycles. The number of aromatic nitrogens is 1. The summed E-state index contributed by atoms with van der Waals surface area (Å²) in [6.45, 7) is 0. The minimum atomic E-state index is -0.337. The zero-order chi connectivity index (χ0) is 40.1. The van der Waals surface area contributed by atoms with Crippen molar-refractivity contribution in [2.45, 2.75) is 5.41 Å². The van der Waals surface area contributed by atoms with E-state index < -0.39 is 0 Å². The number of hydrogen-bond acceptors (Lipinski definition) is 1. The summed E-state index contributed by atoms with van der Waals surface area (Å²) in [4.78, 5) is 2.40. The van der Waals surface area contributed by atoms with Crippen LogP contribution in [0, 0.1) is 0 Å². The number of hydrogen-bond donors (Lipinski definition) is 0. The summed E-state index contributed by atoms with van der Waals surface area (Å²) in [7, 11) is 0. The zero-order valence-corrected chi connectivity index (χ0v) is 33.3. The van der Waals surface area contributed by atoms with E-state index in [2.05, 4.69) is 240 Å². The van der Waals surface area contributed by atoms with Crippen LogP contribution in [0.15, 0.2) is 231 Å². The average molecular weight is 775 g/mol. The van der Waals surface area contributed by atoms with Gasteiger partial charge in [-0.3, -0.25) is 0 Å². The Labute approximate surface area is 354 Å². The van der Waals surface area contributed by atoms with E-state index in [1.807, 2.05) is 0 Å². The molecule has 2 nitrogen and oxygen atoms in total. The number of para-hydroxylation sites is 2. The Morgan fingerprint density at radius 2 is 0.836 bits per heavy atom. The van der Waals surface area contributed by atoms with Crippen LogP contribution < -0.4 is 4.90 Å². The Morgan fingerprint density at radius 1 is 0.311 bits per heavy atom. The van der Waals surface area contributed by atoms with Crippen molar-refractivity contribution >= 4 is 49.6 Å². The third-order valence-electron chi connectivity index (χ3n) is 13.4. The van der Waals surface area contributed by atoms with Gasteiger partial charge in [-0.2, -0.15) is 0 Å². The molecule has 284 valence electrons. The molecule has 0 atom stereocenters. The summed E-state index contributed by atoms with van der Waals surface area (Å²) in [5.74, 6) is 0. The van der Waals surface area contributed by atoms with Gasteiger partial charge in [0.2, 0.25) is 0 Å². The third kappa shape index (κ3) is 4.85. The van der Waals surface area contributed by atoms with Gasteiger partial charge in [-0.25, -0.2) is 0 Å². The number of benzene rings is 10. The standard InChI is InChI=1S/C59H38N2/c1-2-16-43(17-3-1)61-57-25-13-9-21-50(57)52-38-46(33-35-58(52)61)60(45-32-28-39-14-4-5-15-41(39)36-45)44-30-26-40(27-31-44)42-29-34-56-51(37-42)49-20-8-12-24-55(49)59(56)53-22-10-6-18-47(53)48-19-7-11-23-54(48)59/h1-38H. The van der Waals surface area contributed by atoms with Crippen LogP contribution in [0.25, 0.3) is 71.6 Å². The number of nitrogens with zero attached hydrogens (tertiary/aromatic N) is 2. The zero-order valence-electron chi connectivity index (χ0n) is 33.3. The van der Waals surface area contributed by atoms with Gasteiger partial charge >= 0.3 is 0 Å². The fourth-order valence-corrected chi connectivity index (χ4v) is 10.8. The van der Waals surface area contributed by atoms with Crippen molar-refractivity contribution < 1.29 is 0 Å². The second kappa shape index (κ2) is 13.0. The van der Waals surface area contributed by atoms with Crippen molar-refractivity contribution in [3.05, 3.63) is 253 Å². The maximum absolute atomic E-state index is 2.43. The first-order chi connectivity index (χ1) is 30.3. The van der Waals surface area contributed by atoms with Crippen LogP contribution >= 0.6 is 0 Å². The summed E-state index contributed by atoms with van der Waals surface area (Å²) in [5, 5.41) is 4.91. The molecule has 0 bridgehead atoms. The smallest absolute Gasteiger partial charge is 0.0725 e. The predicted molar refractivity (Wildman–Crippen MR) is 255 cm³/mol. The van der Waals surface area contributed by atoms with Crippen molar-refractivity contribution in [2.75, 3.05) is 4.90 Å². The molecule has 2 heteroatoms. The molecule has 1 heterocycles. The van der Waals surface area contributed by atoms with E-state index >= 15 is 0 Å². The van der Waals surface area contributed by atoms with Crippen LogP contribution in [0.4, 0.5) is 17.1 Å². The molecule has 2 aliphatic rings. The van der Waals surface area contributed by atoms with Crippen LogP contribution in [0.5, 0.6) is 0 Å². The maximum Gasteiger partial charge on any atom is 0.0725 e. The summed E-state index contributed by atoms with van der Waals surface area (Å²) in [5.41, 5.74) is 19.7. The van der Waals surface area contributed by atoms with Crippen LogP contribution in [0.2, 0.25) is 0 Å². The van der Waals surface area contributed by atoms with E-state index in [1.165, 1.54) is 88.2 Å².